The van der Waals surface area contributed by atoms with Crippen LogP contribution in [0, 0.1) is 0 Å². The Balaban J connectivity index is 4.07. The number of aliphatic hydroxyl groups is 1. The molecular weight excluding hydrogens is 631 g/mol. The molecule has 282 valence electrons. The van der Waals surface area contributed by atoms with Crippen molar-refractivity contribution in [3.8, 4) is 0 Å². The van der Waals surface area contributed by atoms with Crippen molar-refractivity contribution in [3.63, 3.8) is 0 Å². The average Bonchev–Trinajstić information content (AvgIpc) is 3.06. The van der Waals surface area contributed by atoms with Crippen LogP contribution >= 0.6 is 0 Å². The molecule has 0 heterocycles. The summed E-state index contributed by atoms with van der Waals surface area (Å²) < 4.78 is 32.4. The Kier molecular flexibility index (Phi) is 34.0. The van der Waals surface area contributed by atoms with Gasteiger partial charge in [0.05, 0.1) is 17.9 Å². The molecule has 49 heavy (non-hydrogen) atoms. The van der Waals surface area contributed by atoms with Gasteiger partial charge in [0.2, 0.25) is 5.91 Å². The first-order valence-electron chi connectivity index (χ1n) is 19.6. The second-order valence-electron chi connectivity index (χ2n) is 13.2. The molecule has 0 bridgehead atoms. The number of rotatable bonds is 34. The number of carbonyl (C=O) groups excluding carboxylic acids is 1. The maximum absolute atomic E-state index is 12.5. The molecule has 6 nitrogen and oxygen atoms in total. The molecule has 0 spiro atoms. The summed E-state index contributed by atoms with van der Waals surface area (Å²) in [4.78, 5) is 12.5. The summed E-state index contributed by atoms with van der Waals surface area (Å²) in [5.41, 5.74) is 0. The molecule has 0 aromatic carbocycles. The molecule has 1 amide bonds. The van der Waals surface area contributed by atoms with Crippen molar-refractivity contribution in [3.05, 3.63) is 72.9 Å². The Labute approximate surface area is 302 Å². The summed E-state index contributed by atoms with van der Waals surface area (Å²) in [7, 11) is -4.36. The van der Waals surface area contributed by atoms with Crippen molar-refractivity contribution in [1.29, 1.82) is 0 Å². The van der Waals surface area contributed by atoms with E-state index in [9.17, 15) is 22.9 Å². The van der Waals surface area contributed by atoms with Crippen LogP contribution in [0.15, 0.2) is 72.9 Å². The molecule has 0 aromatic heterocycles. The highest BCUT2D eigenvalue weighted by Crippen LogP contribution is 2.13. The van der Waals surface area contributed by atoms with Gasteiger partial charge in [0.15, 0.2) is 0 Å². The lowest BCUT2D eigenvalue weighted by Crippen LogP contribution is -2.46. The molecule has 3 N–H and O–H groups in total. The Bertz CT molecular complexity index is 1040. The number of allylic oxidation sites excluding steroid dienone is 11. The number of amides is 1. The molecule has 0 radical (unpaired) electrons. The molecule has 0 saturated heterocycles. The fraction of sp³-hybridized carbons (Fsp3) is 0.690. The van der Waals surface area contributed by atoms with E-state index in [1.54, 1.807) is 6.08 Å². The van der Waals surface area contributed by atoms with Crippen LogP contribution in [0.25, 0.3) is 0 Å². The fourth-order valence-electron chi connectivity index (χ4n) is 5.45. The maximum Gasteiger partial charge on any atom is 0.267 e. The normalized spacial score (nSPS) is 14.1. The molecule has 0 aliphatic carbocycles. The maximum atomic E-state index is 12.5. The van der Waals surface area contributed by atoms with Gasteiger partial charge in [-0.15, -0.1) is 0 Å². The molecule has 0 fully saturated rings. The summed E-state index contributed by atoms with van der Waals surface area (Å²) in [5.74, 6) is -1.04. The molecule has 0 aromatic rings. The van der Waals surface area contributed by atoms with Gasteiger partial charge in [-0.3, -0.25) is 9.35 Å². The molecule has 0 aliphatic rings. The monoisotopic (exact) mass is 704 g/mol. The lowest BCUT2D eigenvalue weighted by molar-refractivity contribution is -0.122. The van der Waals surface area contributed by atoms with E-state index in [1.807, 2.05) is 0 Å². The van der Waals surface area contributed by atoms with Gasteiger partial charge in [0.25, 0.3) is 10.1 Å². The van der Waals surface area contributed by atoms with Gasteiger partial charge in [-0.2, -0.15) is 8.42 Å². The standard InChI is InChI=1S/C42H73NO5S/c1-3-5-7-9-11-13-15-17-19-21-23-25-27-29-31-33-35-37-41(44)40(39-49(46,47)48)43-42(45)38-36-34-32-30-28-26-24-22-20-18-16-14-12-10-8-6-4-2/h6,8,12,14,18,20,24,26-27,29,35,37,40-41,44H,3-5,7,9-11,13,15-17,19,21-23,25,28,30-34,36,38-39H2,1-2H3,(H,43,45)(H,46,47,48)/b8-6-,14-12-,20-18-,26-24-,29-27+,37-35+. The Hall–Kier alpha value is -2.22. The lowest BCUT2D eigenvalue weighted by atomic mass is 10.1. The van der Waals surface area contributed by atoms with Crippen LogP contribution in [0.1, 0.15) is 168 Å². The smallest absolute Gasteiger partial charge is 0.267 e. The first kappa shape index (κ1) is 46.8. The minimum absolute atomic E-state index is 0.256. The number of nitrogens with one attached hydrogen (secondary N) is 1. The number of aliphatic hydroxyl groups excluding tert-OH is 1. The van der Waals surface area contributed by atoms with Gasteiger partial charge >= 0.3 is 0 Å². The van der Waals surface area contributed by atoms with Crippen molar-refractivity contribution in [2.75, 3.05) is 5.75 Å². The van der Waals surface area contributed by atoms with Crippen molar-refractivity contribution in [2.45, 2.75) is 180 Å². The van der Waals surface area contributed by atoms with Crippen LogP contribution < -0.4 is 5.32 Å². The predicted molar refractivity (Wildman–Crippen MR) is 211 cm³/mol. The van der Waals surface area contributed by atoms with Gasteiger partial charge in [-0.05, 0) is 70.6 Å². The van der Waals surface area contributed by atoms with Crippen LogP contribution in [0.4, 0.5) is 0 Å². The average molecular weight is 704 g/mol. The zero-order valence-corrected chi connectivity index (χ0v) is 32.1. The molecule has 7 heteroatoms. The summed E-state index contributed by atoms with van der Waals surface area (Å²) in [6.07, 6.45) is 50.3. The Morgan fingerprint density at radius 2 is 1.00 bits per heavy atom. The van der Waals surface area contributed by atoms with E-state index in [0.29, 0.717) is 12.8 Å². The van der Waals surface area contributed by atoms with Gasteiger partial charge in [0.1, 0.15) is 0 Å². The highest BCUT2D eigenvalue weighted by atomic mass is 32.2. The Morgan fingerprint density at radius 3 is 1.53 bits per heavy atom. The fourth-order valence-corrected chi connectivity index (χ4v) is 6.19. The van der Waals surface area contributed by atoms with Crippen LogP contribution in [-0.2, 0) is 14.9 Å². The molecule has 2 unspecified atom stereocenters. The van der Waals surface area contributed by atoms with E-state index in [1.165, 1.54) is 76.7 Å². The summed E-state index contributed by atoms with van der Waals surface area (Å²) in [5, 5.41) is 13.2. The molecule has 0 aliphatic heterocycles. The topological polar surface area (TPSA) is 104 Å². The van der Waals surface area contributed by atoms with Crippen molar-refractivity contribution in [2.24, 2.45) is 0 Å². The van der Waals surface area contributed by atoms with Gasteiger partial charge in [0, 0.05) is 6.42 Å². The SMILES string of the molecule is CC/C=C\C/C=C\C/C=C\C/C=C\CCCCCCC(=O)NC(CS(=O)(=O)O)C(O)/C=C/CC/C=C/CCCCCCCCCCCCC. The quantitative estimate of drug-likeness (QED) is 0.0351. The van der Waals surface area contributed by atoms with Crippen LogP contribution in [0.5, 0.6) is 0 Å². The van der Waals surface area contributed by atoms with E-state index in [-0.39, 0.29) is 12.3 Å². The minimum atomic E-state index is -4.36. The van der Waals surface area contributed by atoms with E-state index >= 15 is 0 Å². The molecule has 2 atom stereocenters. The zero-order chi connectivity index (χ0) is 36.1. The van der Waals surface area contributed by atoms with E-state index < -0.39 is 28.0 Å². The van der Waals surface area contributed by atoms with Gasteiger partial charge < -0.3 is 10.4 Å². The highest BCUT2D eigenvalue weighted by Gasteiger charge is 2.24. The van der Waals surface area contributed by atoms with Gasteiger partial charge in [-0.1, -0.05) is 164 Å². The Morgan fingerprint density at radius 1 is 0.571 bits per heavy atom. The van der Waals surface area contributed by atoms with Crippen molar-refractivity contribution < 1.29 is 22.9 Å². The third kappa shape index (κ3) is 36.9. The summed E-state index contributed by atoms with van der Waals surface area (Å²) in [6, 6.07) is -1.09. The van der Waals surface area contributed by atoms with Crippen LogP contribution in [-0.4, -0.2) is 41.9 Å². The van der Waals surface area contributed by atoms with Crippen LogP contribution in [0.3, 0.4) is 0 Å². The first-order valence-corrected chi connectivity index (χ1v) is 21.2. The second kappa shape index (κ2) is 35.6. The summed E-state index contributed by atoms with van der Waals surface area (Å²) >= 11 is 0. The van der Waals surface area contributed by atoms with E-state index in [0.717, 1.165) is 64.2 Å². The largest absolute Gasteiger partial charge is 0.387 e. The number of unbranched alkanes of at least 4 members (excludes halogenated alkanes) is 16. The predicted octanol–water partition coefficient (Wildman–Crippen LogP) is 11.5. The first-order chi connectivity index (χ1) is 23.8. The van der Waals surface area contributed by atoms with Crippen molar-refractivity contribution >= 4 is 16.0 Å². The number of hydrogen-bond donors (Lipinski definition) is 3. The highest BCUT2D eigenvalue weighted by molar-refractivity contribution is 7.85. The van der Waals surface area contributed by atoms with Crippen molar-refractivity contribution in [1.82, 2.24) is 5.32 Å². The third-order valence-corrected chi connectivity index (χ3v) is 9.15. The lowest BCUT2D eigenvalue weighted by Gasteiger charge is -2.21. The van der Waals surface area contributed by atoms with Crippen LogP contribution in [0.2, 0.25) is 0 Å². The summed E-state index contributed by atoms with van der Waals surface area (Å²) in [6.45, 7) is 4.40. The zero-order valence-electron chi connectivity index (χ0n) is 31.3. The molecule has 0 rings (SSSR count). The number of hydrogen-bond acceptors (Lipinski definition) is 4. The van der Waals surface area contributed by atoms with Gasteiger partial charge in [-0.25, -0.2) is 0 Å². The molecule has 0 saturated carbocycles. The number of carbonyl (C=O) groups is 1. The van der Waals surface area contributed by atoms with E-state index in [2.05, 4.69) is 79.9 Å². The minimum Gasteiger partial charge on any atom is -0.387 e. The van der Waals surface area contributed by atoms with E-state index in [4.69, 9.17) is 0 Å². The second-order valence-corrected chi connectivity index (χ2v) is 14.7. The molecular formula is C42H73NO5S. The third-order valence-electron chi connectivity index (χ3n) is 8.37.